The summed E-state index contributed by atoms with van der Waals surface area (Å²) in [6.45, 7) is 2.66. The Kier molecular flexibility index (Phi) is 3.95. The number of aromatic hydroxyl groups is 1. The molecule has 0 aliphatic carbocycles. The van der Waals surface area contributed by atoms with Crippen LogP contribution in [0.4, 0.5) is 4.39 Å². The fraction of sp³-hybridized carbons (Fsp3) is 0.200. The summed E-state index contributed by atoms with van der Waals surface area (Å²) >= 11 is 0. The highest BCUT2D eigenvalue weighted by Crippen LogP contribution is 2.27. The van der Waals surface area contributed by atoms with Gasteiger partial charge in [-0.2, -0.15) is 0 Å². The lowest BCUT2D eigenvalue weighted by Gasteiger charge is -2.26. The van der Waals surface area contributed by atoms with Crippen molar-refractivity contribution in [2.45, 2.75) is 19.9 Å². The maximum Gasteiger partial charge on any atom is 0.257 e. The molecule has 1 aliphatic heterocycles. The van der Waals surface area contributed by atoms with E-state index in [2.05, 4.69) is 9.97 Å². The molecule has 132 valence electrons. The number of halogens is 1. The van der Waals surface area contributed by atoms with Crippen LogP contribution in [0.5, 0.6) is 5.75 Å². The summed E-state index contributed by atoms with van der Waals surface area (Å²) in [6.07, 6.45) is 0.611. The molecule has 0 saturated heterocycles. The highest BCUT2D eigenvalue weighted by molar-refractivity contribution is 5.97. The molecule has 6 heteroatoms. The lowest BCUT2D eigenvalue weighted by Crippen LogP contribution is -2.36. The number of aromatic nitrogens is 2. The Labute approximate surface area is 150 Å². The highest BCUT2D eigenvalue weighted by atomic mass is 19.1. The number of phenolic OH excluding ortho intramolecular Hbond substituents is 1. The first-order valence-electron chi connectivity index (χ1n) is 8.44. The number of nitrogens with one attached hydrogen (secondary N) is 1. The van der Waals surface area contributed by atoms with E-state index in [0.717, 1.165) is 11.4 Å². The van der Waals surface area contributed by atoms with Crippen molar-refractivity contribution in [1.29, 1.82) is 0 Å². The Bertz CT molecular complexity index is 996. The molecule has 0 radical (unpaired) electrons. The molecule has 2 N–H and O–H groups in total. The third-order valence-electron chi connectivity index (χ3n) is 4.69. The van der Waals surface area contributed by atoms with Crippen LogP contribution in [0.2, 0.25) is 0 Å². The van der Waals surface area contributed by atoms with Gasteiger partial charge in [0.25, 0.3) is 5.91 Å². The number of nitrogens with zero attached hydrogens (tertiary/aromatic N) is 2. The summed E-state index contributed by atoms with van der Waals surface area (Å²) in [5, 5.41) is 10.2. The number of hydrogen-bond acceptors (Lipinski definition) is 3. The van der Waals surface area contributed by atoms with Crippen LogP contribution in [0.3, 0.4) is 0 Å². The van der Waals surface area contributed by atoms with Gasteiger partial charge in [0.05, 0.1) is 23.5 Å². The van der Waals surface area contributed by atoms with E-state index in [4.69, 9.17) is 0 Å². The van der Waals surface area contributed by atoms with Crippen LogP contribution < -0.4 is 0 Å². The molecule has 26 heavy (non-hydrogen) atoms. The fourth-order valence-corrected chi connectivity index (χ4v) is 3.24. The third kappa shape index (κ3) is 2.83. The van der Waals surface area contributed by atoms with Crippen molar-refractivity contribution >= 4 is 5.91 Å². The van der Waals surface area contributed by atoms with Gasteiger partial charge in [0.2, 0.25) is 0 Å². The molecule has 0 fully saturated rings. The number of amides is 1. The SMILES string of the molecule is Cc1cccc(C(=O)N2CCc3nc(-c4cccc(F)c4)[nH]c3C2)c1O. The maximum absolute atomic E-state index is 13.4. The molecule has 5 nitrogen and oxygen atoms in total. The van der Waals surface area contributed by atoms with Crippen LogP contribution in [0.15, 0.2) is 42.5 Å². The fourth-order valence-electron chi connectivity index (χ4n) is 3.24. The Morgan fingerprint density at radius 3 is 2.88 bits per heavy atom. The third-order valence-corrected chi connectivity index (χ3v) is 4.69. The smallest absolute Gasteiger partial charge is 0.257 e. The number of rotatable bonds is 2. The Balaban J connectivity index is 1.60. The number of H-pyrrole nitrogens is 1. The summed E-state index contributed by atoms with van der Waals surface area (Å²) in [5.74, 6) is 0.0953. The standard InChI is InChI=1S/C20H18FN3O2/c1-12-4-2-7-15(18(12)25)20(26)24-9-8-16-17(11-24)23-19(22-16)13-5-3-6-14(21)10-13/h2-7,10,25H,8-9,11H2,1H3,(H,22,23). The van der Waals surface area contributed by atoms with E-state index in [1.165, 1.54) is 12.1 Å². The van der Waals surface area contributed by atoms with Crippen LogP contribution in [-0.4, -0.2) is 32.4 Å². The van der Waals surface area contributed by atoms with Gasteiger partial charge in [-0.15, -0.1) is 0 Å². The molecule has 1 amide bonds. The van der Waals surface area contributed by atoms with E-state index in [-0.39, 0.29) is 17.5 Å². The topological polar surface area (TPSA) is 69.2 Å². The van der Waals surface area contributed by atoms with Crippen molar-refractivity contribution in [2.75, 3.05) is 6.54 Å². The average molecular weight is 351 g/mol. The van der Waals surface area contributed by atoms with Gasteiger partial charge in [-0.25, -0.2) is 9.37 Å². The van der Waals surface area contributed by atoms with Crippen molar-refractivity contribution in [3.8, 4) is 17.1 Å². The second kappa shape index (κ2) is 6.29. The van der Waals surface area contributed by atoms with E-state index < -0.39 is 0 Å². The van der Waals surface area contributed by atoms with Crippen molar-refractivity contribution in [3.05, 3.63) is 70.8 Å². The number of para-hydroxylation sites is 1. The van der Waals surface area contributed by atoms with Crippen LogP contribution >= 0.6 is 0 Å². The molecular formula is C20H18FN3O2. The van der Waals surface area contributed by atoms with Crippen molar-refractivity contribution < 1.29 is 14.3 Å². The summed E-state index contributed by atoms with van der Waals surface area (Å²) < 4.78 is 13.4. The predicted molar refractivity (Wildman–Crippen MR) is 95.3 cm³/mol. The van der Waals surface area contributed by atoms with Crippen LogP contribution in [0.1, 0.15) is 27.3 Å². The zero-order valence-electron chi connectivity index (χ0n) is 14.3. The quantitative estimate of drug-likeness (QED) is 0.743. The number of aromatic amines is 1. The zero-order valence-corrected chi connectivity index (χ0v) is 14.3. The van der Waals surface area contributed by atoms with E-state index in [0.29, 0.717) is 42.0 Å². The van der Waals surface area contributed by atoms with Gasteiger partial charge >= 0.3 is 0 Å². The lowest BCUT2D eigenvalue weighted by molar-refractivity contribution is 0.0728. The van der Waals surface area contributed by atoms with Crippen LogP contribution in [0.25, 0.3) is 11.4 Å². The zero-order chi connectivity index (χ0) is 18.3. The molecule has 2 heterocycles. The number of fused-ring (bicyclic) bond motifs is 1. The van der Waals surface area contributed by atoms with Gasteiger partial charge in [0, 0.05) is 18.5 Å². The highest BCUT2D eigenvalue weighted by Gasteiger charge is 2.26. The minimum absolute atomic E-state index is 0.0216. The molecule has 0 unspecified atom stereocenters. The number of phenols is 1. The van der Waals surface area contributed by atoms with E-state index >= 15 is 0 Å². The molecular weight excluding hydrogens is 333 g/mol. The molecule has 2 aromatic carbocycles. The van der Waals surface area contributed by atoms with Crippen LogP contribution in [0, 0.1) is 12.7 Å². The number of hydrogen-bond donors (Lipinski definition) is 2. The van der Waals surface area contributed by atoms with Gasteiger partial charge in [-0.3, -0.25) is 4.79 Å². The molecule has 0 bridgehead atoms. The molecule has 0 saturated carbocycles. The predicted octanol–water partition coefficient (Wildman–Crippen LogP) is 3.43. The van der Waals surface area contributed by atoms with Gasteiger partial charge in [-0.05, 0) is 30.7 Å². The average Bonchev–Trinajstić information content (AvgIpc) is 3.07. The molecule has 4 rings (SSSR count). The molecule has 0 atom stereocenters. The Morgan fingerprint density at radius 1 is 1.27 bits per heavy atom. The molecule has 1 aromatic heterocycles. The second-order valence-electron chi connectivity index (χ2n) is 6.47. The lowest BCUT2D eigenvalue weighted by atomic mass is 10.1. The van der Waals surface area contributed by atoms with E-state index in [1.807, 2.05) is 0 Å². The summed E-state index contributed by atoms with van der Waals surface area (Å²) in [4.78, 5) is 22.2. The summed E-state index contributed by atoms with van der Waals surface area (Å²) in [6, 6.07) is 11.4. The number of carbonyl (C=O) groups is 1. The first-order chi connectivity index (χ1) is 12.5. The van der Waals surface area contributed by atoms with Crippen molar-refractivity contribution in [2.24, 2.45) is 0 Å². The molecule has 3 aromatic rings. The monoisotopic (exact) mass is 351 g/mol. The number of imidazole rings is 1. The molecule has 1 aliphatic rings. The van der Waals surface area contributed by atoms with Crippen molar-refractivity contribution in [3.63, 3.8) is 0 Å². The van der Waals surface area contributed by atoms with Gasteiger partial charge in [0.15, 0.2) is 0 Å². The summed E-state index contributed by atoms with van der Waals surface area (Å²) in [7, 11) is 0. The first kappa shape index (κ1) is 16.3. The van der Waals surface area contributed by atoms with Crippen LogP contribution in [-0.2, 0) is 13.0 Å². The second-order valence-corrected chi connectivity index (χ2v) is 6.47. The van der Waals surface area contributed by atoms with E-state index in [9.17, 15) is 14.3 Å². The van der Waals surface area contributed by atoms with Gasteiger partial charge < -0.3 is 15.0 Å². The van der Waals surface area contributed by atoms with Gasteiger partial charge in [0.1, 0.15) is 17.4 Å². The number of benzene rings is 2. The minimum atomic E-state index is -0.316. The van der Waals surface area contributed by atoms with E-state index in [1.54, 1.807) is 42.2 Å². The maximum atomic E-state index is 13.4. The summed E-state index contributed by atoms with van der Waals surface area (Å²) in [5.41, 5.74) is 3.38. The Hall–Kier alpha value is -3.15. The Morgan fingerprint density at radius 2 is 2.08 bits per heavy atom. The van der Waals surface area contributed by atoms with Crippen molar-refractivity contribution in [1.82, 2.24) is 14.9 Å². The number of aryl methyl sites for hydroxylation is 1. The minimum Gasteiger partial charge on any atom is -0.507 e. The number of carbonyl (C=O) groups excluding carboxylic acids is 1. The first-order valence-corrected chi connectivity index (χ1v) is 8.44. The largest absolute Gasteiger partial charge is 0.507 e. The molecule has 0 spiro atoms. The normalized spacial score (nSPS) is 13.5. The van der Waals surface area contributed by atoms with Gasteiger partial charge in [-0.1, -0.05) is 24.3 Å².